The van der Waals surface area contributed by atoms with E-state index in [9.17, 15) is 9.50 Å². The maximum Gasteiger partial charge on any atom is 0.165 e. The van der Waals surface area contributed by atoms with Gasteiger partial charge in [-0.15, -0.1) is 12.4 Å². The van der Waals surface area contributed by atoms with Crippen LogP contribution >= 0.6 is 12.4 Å². The van der Waals surface area contributed by atoms with Gasteiger partial charge in [0.15, 0.2) is 11.6 Å². The average molecular weight is 220 g/mol. The van der Waals surface area contributed by atoms with Crippen molar-refractivity contribution in [1.82, 2.24) is 0 Å². The van der Waals surface area contributed by atoms with Gasteiger partial charge in [-0.1, -0.05) is 25.5 Å². The van der Waals surface area contributed by atoms with Gasteiger partial charge in [-0.05, 0) is 12.5 Å². The second kappa shape index (κ2) is 5.83. The van der Waals surface area contributed by atoms with Gasteiger partial charge in [-0.25, -0.2) is 4.39 Å². The number of halogens is 2. The number of rotatable bonds is 3. The fourth-order valence-corrected chi connectivity index (χ4v) is 1.30. The third-order valence-corrected chi connectivity index (χ3v) is 2.02. The normalized spacial score (nSPS) is 11.9. The molecular weight excluding hydrogens is 205 g/mol. The minimum atomic E-state index is -0.607. The van der Waals surface area contributed by atoms with E-state index in [0.717, 1.165) is 12.8 Å². The lowest BCUT2D eigenvalue weighted by atomic mass is 10.0. The number of phenols is 1. The molecule has 80 valence electrons. The van der Waals surface area contributed by atoms with Gasteiger partial charge in [0, 0.05) is 11.6 Å². The van der Waals surface area contributed by atoms with Crippen LogP contribution in [0.15, 0.2) is 18.2 Å². The van der Waals surface area contributed by atoms with Crippen LogP contribution < -0.4 is 5.73 Å². The standard InChI is InChI=1S/C10H14FNO.ClH/c1-2-4-9(12)7-5-3-6-8(11)10(7)13;/h3,5-6,9,13H,2,4,12H2,1H3;1H/t9-;/m0./s1. The third kappa shape index (κ3) is 2.86. The molecule has 0 spiro atoms. The van der Waals surface area contributed by atoms with Crippen LogP contribution in [-0.4, -0.2) is 5.11 Å². The Morgan fingerprint density at radius 2 is 2.14 bits per heavy atom. The zero-order chi connectivity index (χ0) is 9.84. The highest BCUT2D eigenvalue weighted by molar-refractivity contribution is 5.85. The lowest BCUT2D eigenvalue weighted by Crippen LogP contribution is -2.10. The predicted octanol–water partition coefficient (Wildman–Crippen LogP) is 2.75. The van der Waals surface area contributed by atoms with E-state index in [4.69, 9.17) is 5.73 Å². The first-order chi connectivity index (χ1) is 6.16. The first-order valence-corrected chi connectivity index (χ1v) is 4.39. The molecule has 0 saturated carbocycles. The summed E-state index contributed by atoms with van der Waals surface area (Å²) < 4.78 is 12.9. The Morgan fingerprint density at radius 3 is 2.71 bits per heavy atom. The van der Waals surface area contributed by atoms with Crippen LogP contribution in [0.3, 0.4) is 0 Å². The van der Waals surface area contributed by atoms with E-state index < -0.39 is 5.82 Å². The van der Waals surface area contributed by atoms with Crippen LogP contribution in [0.5, 0.6) is 5.75 Å². The molecule has 2 nitrogen and oxygen atoms in total. The Hall–Kier alpha value is -0.800. The molecule has 0 fully saturated rings. The molecule has 0 aliphatic heterocycles. The van der Waals surface area contributed by atoms with Gasteiger partial charge in [0.2, 0.25) is 0 Å². The quantitative estimate of drug-likeness (QED) is 0.821. The lowest BCUT2D eigenvalue weighted by Gasteiger charge is -2.12. The molecule has 0 aromatic heterocycles. The van der Waals surface area contributed by atoms with Crippen LogP contribution in [0, 0.1) is 5.82 Å². The monoisotopic (exact) mass is 219 g/mol. The summed E-state index contributed by atoms with van der Waals surface area (Å²) >= 11 is 0. The van der Waals surface area contributed by atoms with Gasteiger partial charge in [-0.3, -0.25) is 0 Å². The van der Waals surface area contributed by atoms with Crippen molar-refractivity contribution >= 4 is 12.4 Å². The second-order valence-corrected chi connectivity index (χ2v) is 3.07. The Morgan fingerprint density at radius 1 is 1.50 bits per heavy atom. The van der Waals surface area contributed by atoms with Crippen LogP contribution in [0.25, 0.3) is 0 Å². The summed E-state index contributed by atoms with van der Waals surface area (Å²) in [5.74, 6) is -0.924. The van der Waals surface area contributed by atoms with Gasteiger partial charge in [0.25, 0.3) is 0 Å². The van der Waals surface area contributed by atoms with Crippen molar-refractivity contribution in [3.05, 3.63) is 29.6 Å². The summed E-state index contributed by atoms with van der Waals surface area (Å²) in [4.78, 5) is 0. The number of benzene rings is 1. The van der Waals surface area contributed by atoms with Crippen molar-refractivity contribution in [2.75, 3.05) is 0 Å². The van der Waals surface area contributed by atoms with E-state index in [2.05, 4.69) is 0 Å². The van der Waals surface area contributed by atoms with Crippen molar-refractivity contribution in [2.24, 2.45) is 5.73 Å². The first-order valence-electron chi connectivity index (χ1n) is 4.39. The topological polar surface area (TPSA) is 46.2 Å². The molecule has 0 aliphatic carbocycles. The zero-order valence-electron chi connectivity index (χ0n) is 8.03. The Balaban J connectivity index is 0.00000169. The molecule has 1 aromatic carbocycles. The molecule has 0 radical (unpaired) electrons. The lowest BCUT2D eigenvalue weighted by molar-refractivity contribution is 0.418. The Kier molecular flexibility index (Phi) is 5.50. The van der Waals surface area contributed by atoms with E-state index in [1.165, 1.54) is 6.07 Å². The van der Waals surface area contributed by atoms with E-state index in [0.29, 0.717) is 5.56 Å². The minimum absolute atomic E-state index is 0. The van der Waals surface area contributed by atoms with E-state index >= 15 is 0 Å². The maximum absolute atomic E-state index is 12.9. The minimum Gasteiger partial charge on any atom is -0.505 e. The smallest absolute Gasteiger partial charge is 0.165 e. The zero-order valence-corrected chi connectivity index (χ0v) is 8.85. The fraction of sp³-hybridized carbons (Fsp3) is 0.400. The Labute approximate surface area is 89.3 Å². The van der Waals surface area contributed by atoms with E-state index in [-0.39, 0.29) is 24.2 Å². The predicted molar refractivity (Wildman–Crippen MR) is 57.1 cm³/mol. The van der Waals surface area contributed by atoms with E-state index in [1.54, 1.807) is 12.1 Å². The van der Waals surface area contributed by atoms with Gasteiger partial charge < -0.3 is 10.8 Å². The summed E-state index contributed by atoms with van der Waals surface area (Å²) in [6.07, 6.45) is 1.66. The summed E-state index contributed by atoms with van der Waals surface area (Å²) in [7, 11) is 0. The highest BCUT2D eigenvalue weighted by Gasteiger charge is 2.12. The number of hydrogen-bond donors (Lipinski definition) is 2. The average Bonchev–Trinajstić information content (AvgIpc) is 2.10. The van der Waals surface area contributed by atoms with Gasteiger partial charge in [0.05, 0.1) is 0 Å². The molecule has 1 rings (SSSR count). The van der Waals surface area contributed by atoms with Crippen LogP contribution in [0.2, 0.25) is 0 Å². The number of phenolic OH excluding ortho intramolecular Hbond substituents is 1. The summed E-state index contributed by atoms with van der Waals surface area (Å²) in [5, 5.41) is 9.34. The molecule has 1 atom stereocenters. The molecule has 0 aliphatic rings. The summed E-state index contributed by atoms with van der Waals surface area (Å²) in [6, 6.07) is 4.15. The largest absolute Gasteiger partial charge is 0.505 e. The molecule has 0 bridgehead atoms. The van der Waals surface area contributed by atoms with Crippen LogP contribution in [0.4, 0.5) is 4.39 Å². The van der Waals surface area contributed by atoms with Crippen molar-refractivity contribution in [1.29, 1.82) is 0 Å². The number of aromatic hydroxyl groups is 1. The van der Waals surface area contributed by atoms with Crippen molar-refractivity contribution in [3.63, 3.8) is 0 Å². The SMILES string of the molecule is CCC[C@H](N)c1cccc(F)c1O.Cl. The van der Waals surface area contributed by atoms with E-state index in [1.807, 2.05) is 6.92 Å². The molecular formula is C10H15ClFNO. The number of nitrogens with two attached hydrogens (primary N) is 1. The molecule has 0 saturated heterocycles. The van der Waals surface area contributed by atoms with Crippen molar-refractivity contribution < 1.29 is 9.50 Å². The number of para-hydroxylation sites is 1. The molecule has 0 unspecified atom stereocenters. The number of hydrogen-bond acceptors (Lipinski definition) is 2. The molecule has 4 heteroatoms. The summed E-state index contributed by atoms with van der Waals surface area (Å²) in [6.45, 7) is 2.00. The van der Waals surface area contributed by atoms with Gasteiger partial charge >= 0.3 is 0 Å². The second-order valence-electron chi connectivity index (χ2n) is 3.07. The first kappa shape index (κ1) is 13.2. The molecule has 0 amide bonds. The molecule has 3 N–H and O–H groups in total. The fourth-order valence-electron chi connectivity index (χ4n) is 1.30. The Bertz CT molecular complexity index is 293. The molecule has 1 aromatic rings. The van der Waals surface area contributed by atoms with Crippen molar-refractivity contribution in [3.8, 4) is 5.75 Å². The molecule has 0 heterocycles. The van der Waals surface area contributed by atoms with Crippen molar-refractivity contribution in [2.45, 2.75) is 25.8 Å². The maximum atomic E-state index is 12.9. The highest BCUT2D eigenvalue weighted by atomic mass is 35.5. The van der Waals surface area contributed by atoms with Gasteiger partial charge in [-0.2, -0.15) is 0 Å². The third-order valence-electron chi connectivity index (χ3n) is 2.02. The van der Waals surface area contributed by atoms with Crippen LogP contribution in [-0.2, 0) is 0 Å². The highest BCUT2D eigenvalue weighted by Crippen LogP contribution is 2.27. The van der Waals surface area contributed by atoms with Crippen LogP contribution in [0.1, 0.15) is 31.4 Å². The molecule has 14 heavy (non-hydrogen) atoms. The summed E-state index contributed by atoms with van der Waals surface area (Å²) in [5.41, 5.74) is 6.24. The van der Waals surface area contributed by atoms with Gasteiger partial charge in [0.1, 0.15) is 0 Å².